The number of thioether (sulfide) groups is 1. The molecule has 1 aromatic rings. The molecular weight excluding hydrogens is 213 g/mol. The van der Waals surface area contributed by atoms with Gasteiger partial charge in [0.1, 0.15) is 0 Å². The molecule has 1 aliphatic heterocycles. The summed E-state index contributed by atoms with van der Waals surface area (Å²) < 4.78 is 13.1. The van der Waals surface area contributed by atoms with Gasteiger partial charge in [-0.25, -0.2) is 4.39 Å². The van der Waals surface area contributed by atoms with Crippen LogP contribution in [-0.4, -0.2) is 16.4 Å². The zero-order valence-electron chi connectivity index (χ0n) is 8.75. The highest BCUT2D eigenvalue weighted by Gasteiger charge is 2.31. The van der Waals surface area contributed by atoms with E-state index in [1.54, 1.807) is 17.8 Å². The predicted octanol–water partition coefficient (Wildman–Crippen LogP) is 2.64. The third-order valence-corrected chi connectivity index (χ3v) is 4.02. The molecule has 2 nitrogen and oxygen atoms in total. The molecule has 4 heteroatoms. The van der Waals surface area contributed by atoms with Crippen LogP contribution in [0.25, 0.3) is 0 Å². The van der Waals surface area contributed by atoms with Crippen LogP contribution in [0.2, 0.25) is 0 Å². The van der Waals surface area contributed by atoms with Gasteiger partial charge in [-0.1, -0.05) is 6.07 Å². The van der Waals surface area contributed by atoms with Gasteiger partial charge in [-0.05, 0) is 31.5 Å². The molecule has 0 aliphatic carbocycles. The average Bonchev–Trinajstić information content (AvgIpc) is 2.51. The van der Waals surface area contributed by atoms with Crippen molar-refractivity contribution in [1.82, 2.24) is 5.32 Å². The van der Waals surface area contributed by atoms with Crippen LogP contribution >= 0.6 is 11.8 Å². The Morgan fingerprint density at radius 2 is 2.27 bits per heavy atom. The fourth-order valence-corrected chi connectivity index (χ4v) is 3.00. The Kier molecular flexibility index (Phi) is 2.64. The summed E-state index contributed by atoms with van der Waals surface area (Å²) in [5.74, 6) is 0.154. The van der Waals surface area contributed by atoms with Crippen LogP contribution < -0.4 is 5.32 Å². The molecule has 15 heavy (non-hydrogen) atoms. The van der Waals surface area contributed by atoms with Crippen LogP contribution in [0.15, 0.2) is 18.2 Å². The number of hydrogen-bond acceptors (Lipinski definition) is 3. The van der Waals surface area contributed by atoms with E-state index in [4.69, 9.17) is 5.11 Å². The van der Waals surface area contributed by atoms with Crippen LogP contribution in [0, 0.1) is 5.82 Å². The second-order valence-corrected chi connectivity index (χ2v) is 5.52. The van der Waals surface area contributed by atoms with Crippen molar-refractivity contribution in [3.8, 4) is 5.75 Å². The van der Waals surface area contributed by atoms with E-state index in [9.17, 15) is 4.39 Å². The summed E-state index contributed by atoms with van der Waals surface area (Å²) in [6.45, 7) is 4.24. The molecule has 0 aromatic heterocycles. The number of phenols is 1. The van der Waals surface area contributed by atoms with Crippen molar-refractivity contribution in [2.75, 3.05) is 5.75 Å². The van der Waals surface area contributed by atoms with E-state index in [1.807, 2.05) is 0 Å². The monoisotopic (exact) mass is 227 g/mol. The van der Waals surface area contributed by atoms with E-state index in [0.29, 0.717) is 0 Å². The Bertz CT molecular complexity index is 381. The molecule has 1 fully saturated rings. The lowest BCUT2D eigenvalue weighted by atomic mass is 10.1. The van der Waals surface area contributed by atoms with Gasteiger partial charge in [0.2, 0.25) is 0 Å². The van der Waals surface area contributed by atoms with Gasteiger partial charge in [-0.2, -0.15) is 0 Å². The third-order valence-electron chi connectivity index (χ3n) is 2.41. The molecule has 1 atom stereocenters. The SMILES string of the molecule is CC1(C)CSC(c2ccc(O)c(F)c2)N1. The highest BCUT2D eigenvalue weighted by Crippen LogP contribution is 2.37. The van der Waals surface area contributed by atoms with Crippen LogP contribution in [0.5, 0.6) is 5.75 Å². The van der Waals surface area contributed by atoms with Crippen molar-refractivity contribution in [3.63, 3.8) is 0 Å². The smallest absolute Gasteiger partial charge is 0.165 e. The van der Waals surface area contributed by atoms with Gasteiger partial charge in [0, 0.05) is 11.3 Å². The molecule has 1 aromatic carbocycles. The normalized spacial score (nSPS) is 24.3. The molecule has 1 unspecified atom stereocenters. The first-order chi connectivity index (χ1) is 6.98. The summed E-state index contributed by atoms with van der Waals surface area (Å²) in [5.41, 5.74) is 0.963. The molecule has 0 saturated carbocycles. The van der Waals surface area contributed by atoms with Crippen molar-refractivity contribution in [2.45, 2.75) is 24.8 Å². The van der Waals surface area contributed by atoms with Gasteiger partial charge in [0.15, 0.2) is 11.6 Å². The Hall–Kier alpha value is -0.740. The first-order valence-electron chi connectivity index (χ1n) is 4.86. The van der Waals surface area contributed by atoms with Gasteiger partial charge in [-0.3, -0.25) is 5.32 Å². The Morgan fingerprint density at radius 1 is 1.53 bits per heavy atom. The topological polar surface area (TPSA) is 32.3 Å². The van der Waals surface area contributed by atoms with Crippen molar-refractivity contribution < 1.29 is 9.50 Å². The molecule has 2 rings (SSSR count). The molecule has 2 N–H and O–H groups in total. The largest absolute Gasteiger partial charge is 0.505 e. The second kappa shape index (κ2) is 3.68. The first kappa shape index (κ1) is 10.8. The number of rotatable bonds is 1. The number of halogens is 1. The van der Waals surface area contributed by atoms with Crippen LogP contribution in [0.3, 0.4) is 0 Å². The van der Waals surface area contributed by atoms with Gasteiger partial charge in [0.05, 0.1) is 5.37 Å². The first-order valence-corrected chi connectivity index (χ1v) is 5.90. The van der Waals surface area contributed by atoms with Gasteiger partial charge < -0.3 is 5.11 Å². The van der Waals surface area contributed by atoms with Crippen LogP contribution in [0.4, 0.5) is 4.39 Å². The minimum absolute atomic E-state index is 0.0870. The van der Waals surface area contributed by atoms with E-state index < -0.39 is 5.82 Å². The second-order valence-electron chi connectivity index (χ2n) is 4.43. The molecule has 1 saturated heterocycles. The van der Waals surface area contributed by atoms with E-state index >= 15 is 0 Å². The van der Waals surface area contributed by atoms with E-state index in [-0.39, 0.29) is 16.7 Å². The lowest BCUT2D eigenvalue weighted by Crippen LogP contribution is -2.35. The third kappa shape index (κ3) is 2.26. The quantitative estimate of drug-likeness (QED) is 0.773. The molecule has 1 aliphatic rings. The van der Waals surface area contributed by atoms with Crippen molar-refractivity contribution >= 4 is 11.8 Å². The number of benzene rings is 1. The summed E-state index contributed by atoms with van der Waals surface area (Å²) in [5, 5.41) is 12.6. The van der Waals surface area contributed by atoms with Crippen molar-refractivity contribution in [3.05, 3.63) is 29.6 Å². The van der Waals surface area contributed by atoms with Gasteiger partial charge >= 0.3 is 0 Å². The number of aromatic hydroxyl groups is 1. The summed E-state index contributed by atoms with van der Waals surface area (Å²) in [4.78, 5) is 0. The molecule has 1 heterocycles. The number of phenolic OH excluding ortho intramolecular Hbond substituents is 1. The van der Waals surface area contributed by atoms with E-state index in [2.05, 4.69) is 19.2 Å². The lowest BCUT2D eigenvalue weighted by molar-refractivity contribution is 0.428. The summed E-state index contributed by atoms with van der Waals surface area (Å²) in [6.07, 6.45) is 0. The maximum absolute atomic E-state index is 13.1. The summed E-state index contributed by atoms with van der Waals surface area (Å²) in [7, 11) is 0. The van der Waals surface area contributed by atoms with E-state index in [0.717, 1.165) is 11.3 Å². The fraction of sp³-hybridized carbons (Fsp3) is 0.455. The standard InChI is InChI=1S/C11H14FNOS/c1-11(2)6-15-10(13-11)7-3-4-9(14)8(12)5-7/h3-5,10,13-14H,6H2,1-2H3. The van der Waals surface area contributed by atoms with Crippen molar-refractivity contribution in [1.29, 1.82) is 0 Å². The number of hydrogen-bond donors (Lipinski definition) is 2. The van der Waals surface area contributed by atoms with Crippen LogP contribution in [0.1, 0.15) is 24.8 Å². The average molecular weight is 227 g/mol. The van der Waals surface area contributed by atoms with Crippen molar-refractivity contribution in [2.24, 2.45) is 0 Å². The molecular formula is C11H14FNOS. The molecule has 0 radical (unpaired) electrons. The molecule has 82 valence electrons. The number of nitrogens with one attached hydrogen (secondary N) is 1. The molecule has 0 amide bonds. The zero-order valence-corrected chi connectivity index (χ0v) is 9.57. The maximum atomic E-state index is 13.1. The minimum atomic E-state index is -0.556. The fourth-order valence-electron chi connectivity index (χ4n) is 1.60. The summed E-state index contributed by atoms with van der Waals surface area (Å²) >= 11 is 1.76. The zero-order chi connectivity index (χ0) is 11.1. The lowest BCUT2D eigenvalue weighted by Gasteiger charge is -2.19. The van der Waals surface area contributed by atoms with E-state index in [1.165, 1.54) is 12.1 Å². The molecule has 0 spiro atoms. The Labute approximate surface area is 92.9 Å². The van der Waals surface area contributed by atoms with Crippen LogP contribution in [-0.2, 0) is 0 Å². The highest BCUT2D eigenvalue weighted by atomic mass is 32.2. The maximum Gasteiger partial charge on any atom is 0.165 e. The predicted molar refractivity (Wildman–Crippen MR) is 60.5 cm³/mol. The summed E-state index contributed by atoms with van der Waals surface area (Å²) in [6, 6.07) is 4.55. The highest BCUT2D eigenvalue weighted by molar-refractivity contribution is 7.99. The minimum Gasteiger partial charge on any atom is -0.505 e. The molecule has 0 bridgehead atoms. The van der Waals surface area contributed by atoms with Gasteiger partial charge in [0.25, 0.3) is 0 Å². The Morgan fingerprint density at radius 3 is 2.80 bits per heavy atom. The van der Waals surface area contributed by atoms with Gasteiger partial charge in [-0.15, -0.1) is 11.8 Å². The Balaban J connectivity index is 2.21.